The fourth-order valence-corrected chi connectivity index (χ4v) is 3.97. The van der Waals surface area contributed by atoms with Gasteiger partial charge in [-0.3, -0.25) is 14.7 Å². The molecule has 4 rings (SSSR count). The summed E-state index contributed by atoms with van der Waals surface area (Å²) in [6.07, 6.45) is 3.28. The number of carbonyl (C=O) groups is 1. The zero-order valence-electron chi connectivity index (χ0n) is 18.4. The van der Waals surface area contributed by atoms with Crippen LogP contribution in [0.5, 0.6) is 11.5 Å². The number of carbonyl (C=O) groups excluding carboxylic acids is 1. The molecule has 1 aliphatic rings. The number of benzene rings is 2. The van der Waals surface area contributed by atoms with Gasteiger partial charge in [-0.05, 0) is 75.2 Å². The number of halogens is 1. The van der Waals surface area contributed by atoms with Crippen LogP contribution in [0.3, 0.4) is 0 Å². The lowest BCUT2D eigenvalue weighted by atomic mass is 10.1. The Hall–Kier alpha value is -3.19. The van der Waals surface area contributed by atoms with Crippen LogP contribution in [0, 0.1) is 5.82 Å². The van der Waals surface area contributed by atoms with E-state index >= 15 is 0 Å². The summed E-state index contributed by atoms with van der Waals surface area (Å²) in [5, 5.41) is 3.65. The lowest BCUT2D eigenvalue weighted by Gasteiger charge is -2.35. The highest BCUT2D eigenvalue weighted by molar-refractivity contribution is 5.94. The maximum absolute atomic E-state index is 13.7. The molecule has 6 nitrogen and oxygen atoms in total. The van der Waals surface area contributed by atoms with Gasteiger partial charge in [0.2, 0.25) is 5.91 Å². The Balaban J connectivity index is 1.31. The third kappa shape index (κ3) is 5.16. The summed E-state index contributed by atoms with van der Waals surface area (Å²) in [6, 6.07) is 13.4. The number of hydrogen-bond donors (Lipinski definition) is 1. The number of anilines is 1. The van der Waals surface area contributed by atoms with Gasteiger partial charge in [-0.1, -0.05) is 0 Å². The minimum atomic E-state index is -0.308. The van der Waals surface area contributed by atoms with Crippen LogP contribution in [-0.4, -0.2) is 47.6 Å². The van der Waals surface area contributed by atoms with Gasteiger partial charge in [0.1, 0.15) is 23.4 Å². The lowest BCUT2D eigenvalue weighted by Crippen LogP contribution is -2.47. The molecule has 1 N–H and O–H groups in total. The molecule has 1 aliphatic heterocycles. The molecule has 1 aromatic heterocycles. The number of aromatic nitrogens is 1. The molecule has 168 valence electrons. The monoisotopic (exact) mass is 437 g/mol. The van der Waals surface area contributed by atoms with Crippen LogP contribution in [0.1, 0.15) is 26.7 Å². The largest absolute Gasteiger partial charge is 0.494 e. The van der Waals surface area contributed by atoms with Crippen molar-refractivity contribution in [1.82, 2.24) is 9.88 Å². The highest BCUT2D eigenvalue weighted by Gasteiger charge is 2.28. The molecule has 0 spiro atoms. The average Bonchev–Trinajstić information content (AvgIpc) is 2.81. The third-order valence-electron chi connectivity index (χ3n) is 5.79. The Labute approximate surface area is 187 Å². The smallest absolute Gasteiger partial charge is 0.241 e. The summed E-state index contributed by atoms with van der Waals surface area (Å²) in [6.45, 7) is 5.96. The van der Waals surface area contributed by atoms with Crippen LogP contribution in [0.25, 0.3) is 10.9 Å². The third-order valence-corrected chi connectivity index (χ3v) is 5.79. The first-order valence-corrected chi connectivity index (χ1v) is 11.0. The minimum Gasteiger partial charge on any atom is -0.494 e. The summed E-state index contributed by atoms with van der Waals surface area (Å²) in [7, 11) is 0. The summed E-state index contributed by atoms with van der Waals surface area (Å²) >= 11 is 0. The zero-order chi connectivity index (χ0) is 22.5. The number of likely N-dealkylation sites (tertiary alicyclic amines) is 1. The van der Waals surface area contributed by atoms with E-state index < -0.39 is 0 Å². The Morgan fingerprint density at radius 2 is 1.94 bits per heavy atom. The molecule has 1 unspecified atom stereocenters. The van der Waals surface area contributed by atoms with E-state index in [0.717, 1.165) is 37.4 Å². The first-order valence-electron chi connectivity index (χ1n) is 11.0. The van der Waals surface area contributed by atoms with E-state index in [4.69, 9.17) is 9.47 Å². The maximum Gasteiger partial charge on any atom is 0.241 e. The van der Waals surface area contributed by atoms with Crippen molar-refractivity contribution < 1.29 is 18.7 Å². The topological polar surface area (TPSA) is 63.7 Å². The van der Waals surface area contributed by atoms with Crippen molar-refractivity contribution in [3.63, 3.8) is 0 Å². The number of pyridine rings is 1. The molecule has 32 heavy (non-hydrogen) atoms. The molecule has 0 saturated carbocycles. The molecule has 1 saturated heterocycles. The first kappa shape index (κ1) is 22.0. The van der Waals surface area contributed by atoms with Crippen LogP contribution in [0.2, 0.25) is 0 Å². The maximum atomic E-state index is 13.7. The van der Waals surface area contributed by atoms with E-state index in [9.17, 15) is 9.18 Å². The number of piperidine rings is 1. The Morgan fingerprint density at radius 1 is 1.19 bits per heavy atom. The Bertz CT molecular complexity index is 1070. The highest BCUT2D eigenvalue weighted by atomic mass is 19.1. The van der Waals surface area contributed by atoms with E-state index in [0.29, 0.717) is 23.3 Å². The van der Waals surface area contributed by atoms with Crippen molar-refractivity contribution in [3.05, 3.63) is 60.5 Å². The van der Waals surface area contributed by atoms with E-state index in [1.807, 2.05) is 38.1 Å². The standard InChI is InChI=1S/C25H28FN3O3/c1-3-31-20-7-5-19(6-8-20)28-25(30)17(2)29-14-11-21(12-15-29)32-24-10-13-27-23-9-4-18(26)16-22(23)24/h4-10,13,16-17,21H,3,11-12,14-15H2,1-2H3,(H,28,30). The van der Waals surface area contributed by atoms with Gasteiger partial charge in [0.25, 0.3) is 0 Å². The van der Waals surface area contributed by atoms with Gasteiger partial charge in [-0.2, -0.15) is 0 Å². The van der Waals surface area contributed by atoms with Crippen LogP contribution < -0.4 is 14.8 Å². The molecule has 3 aromatic rings. The molecule has 0 aliphatic carbocycles. The number of amides is 1. The van der Waals surface area contributed by atoms with Gasteiger partial charge in [0.05, 0.1) is 18.2 Å². The van der Waals surface area contributed by atoms with Gasteiger partial charge in [-0.15, -0.1) is 0 Å². The van der Waals surface area contributed by atoms with Gasteiger partial charge in [-0.25, -0.2) is 4.39 Å². The summed E-state index contributed by atoms with van der Waals surface area (Å²) in [5.74, 6) is 1.08. The van der Waals surface area contributed by atoms with E-state index in [1.165, 1.54) is 12.1 Å². The number of hydrogen-bond acceptors (Lipinski definition) is 5. The molecule has 2 heterocycles. The van der Waals surface area contributed by atoms with E-state index in [1.54, 1.807) is 18.3 Å². The molecule has 7 heteroatoms. The van der Waals surface area contributed by atoms with Crippen LogP contribution >= 0.6 is 0 Å². The molecule has 1 amide bonds. The number of fused-ring (bicyclic) bond motifs is 1. The second-order valence-electron chi connectivity index (χ2n) is 7.95. The summed E-state index contributed by atoms with van der Waals surface area (Å²) in [4.78, 5) is 19.1. The van der Waals surface area contributed by atoms with Crippen molar-refractivity contribution in [3.8, 4) is 11.5 Å². The predicted octanol–water partition coefficient (Wildman–Crippen LogP) is 4.64. The highest BCUT2D eigenvalue weighted by Crippen LogP contribution is 2.28. The summed E-state index contributed by atoms with van der Waals surface area (Å²) < 4.78 is 25.3. The van der Waals surface area contributed by atoms with Crippen molar-refractivity contribution in [2.24, 2.45) is 0 Å². The fraction of sp³-hybridized carbons (Fsp3) is 0.360. The lowest BCUT2D eigenvalue weighted by molar-refractivity contribution is -0.121. The number of nitrogens with one attached hydrogen (secondary N) is 1. The quantitative estimate of drug-likeness (QED) is 0.583. The Kier molecular flexibility index (Phi) is 6.85. The molecule has 0 radical (unpaired) electrons. The van der Waals surface area contributed by atoms with E-state index in [-0.39, 0.29) is 23.9 Å². The van der Waals surface area contributed by atoms with Gasteiger partial charge < -0.3 is 14.8 Å². The average molecular weight is 438 g/mol. The first-order chi connectivity index (χ1) is 15.5. The summed E-state index contributed by atoms with van der Waals surface area (Å²) in [5.41, 5.74) is 1.46. The zero-order valence-corrected chi connectivity index (χ0v) is 18.4. The molecule has 1 fully saturated rings. The molecular weight excluding hydrogens is 409 g/mol. The molecule has 1 atom stereocenters. The van der Waals surface area contributed by atoms with Gasteiger partial charge in [0.15, 0.2) is 0 Å². The van der Waals surface area contributed by atoms with Crippen LogP contribution in [0.4, 0.5) is 10.1 Å². The van der Waals surface area contributed by atoms with Crippen molar-refractivity contribution in [1.29, 1.82) is 0 Å². The minimum absolute atomic E-state index is 0.0153. The Morgan fingerprint density at radius 3 is 2.66 bits per heavy atom. The van der Waals surface area contributed by atoms with Crippen LogP contribution in [-0.2, 0) is 4.79 Å². The van der Waals surface area contributed by atoms with Crippen molar-refractivity contribution >= 4 is 22.5 Å². The predicted molar refractivity (Wildman–Crippen MR) is 123 cm³/mol. The van der Waals surface area contributed by atoms with Crippen molar-refractivity contribution in [2.75, 3.05) is 25.0 Å². The normalized spacial score (nSPS) is 16.0. The number of ether oxygens (including phenoxy) is 2. The molecule has 0 bridgehead atoms. The number of rotatable bonds is 7. The van der Waals surface area contributed by atoms with Crippen molar-refractivity contribution in [2.45, 2.75) is 38.8 Å². The molecule has 2 aromatic carbocycles. The second kappa shape index (κ2) is 9.96. The van der Waals surface area contributed by atoms with E-state index in [2.05, 4.69) is 15.2 Å². The molecular formula is C25H28FN3O3. The van der Waals surface area contributed by atoms with Crippen LogP contribution in [0.15, 0.2) is 54.7 Å². The fourth-order valence-electron chi connectivity index (χ4n) is 3.97. The second-order valence-corrected chi connectivity index (χ2v) is 7.95. The SMILES string of the molecule is CCOc1ccc(NC(=O)C(C)N2CCC(Oc3ccnc4ccc(F)cc34)CC2)cc1. The number of nitrogens with zero attached hydrogens (tertiary/aromatic N) is 2. The van der Waals surface area contributed by atoms with Gasteiger partial charge >= 0.3 is 0 Å². The van der Waals surface area contributed by atoms with Gasteiger partial charge in [0, 0.05) is 30.4 Å².